The second-order valence-electron chi connectivity index (χ2n) is 5.12. The quantitative estimate of drug-likeness (QED) is 0.646. The number of hydrogen-bond acceptors (Lipinski definition) is 3. The van der Waals surface area contributed by atoms with Crippen LogP contribution in [0.25, 0.3) is 0 Å². The molecule has 1 N–H and O–H groups in total. The molecule has 0 fully saturated rings. The number of rotatable bonds is 3. The van der Waals surface area contributed by atoms with Crippen molar-refractivity contribution >= 4 is 5.97 Å². The molecule has 0 bridgehead atoms. The summed E-state index contributed by atoms with van der Waals surface area (Å²) < 4.78 is 5.29. The highest BCUT2D eigenvalue weighted by molar-refractivity contribution is 5.73. The average Bonchev–Trinajstić information content (AvgIpc) is 2.15. The minimum Gasteiger partial charge on any atom is -0.508 e. The van der Waals surface area contributed by atoms with Gasteiger partial charge in [0, 0.05) is 12.0 Å². The molecule has 1 aromatic rings. The molecular formula is C14H20O3. The van der Waals surface area contributed by atoms with Gasteiger partial charge in [-0.1, -0.05) is 33.8 Å². The summed E-state index contributed by atoms with van der Waals surface area (Å²) in [4.78, 5) is 11.5. The fourth-order valence-electron chi connectivity index (χ4n) is 1.74. The first kappa shape index (κ1) is 13.6. The van der Waals surface area contributed by atoms with Crippen molar-refractivity contribution in [3.63, 3.8) is 0 Å². The summed E-state index contributed by atoms with van der Waals surface area (Å²) >= 11 is 0. The van der Waals surface area contributed by atoms with Gasteiger partial charge in [-0.15, -0.1) is 0 Å². The van der Waals surface area contributed by atoms with Crippen molar-refractivity contribution in [1.29, 1.82) is 0 Å². The Morgan fingerprint density at radius 2 is 2.00 bits per heavy atom. The maximum atomic E-state index is 11.5. The molecule has 3 heteroatoms. The fraction of sp³-hybridized carbons (Fsp3) is 0.500. The van der Waals surface area contributed by atoms with E-state index >= 15 is 0 Å². The lowest BCUT2D eigenvalue weighted by molar-refractivity contribution is -0.134. The Morgan fingerprint density at radius 1 is 1.35 bits per heavy atom. The molecule has 0 aliphatic rings. The van der Waals surface area contributed by atoms with Gasteiger partial charge in [0.25, 0.3) is 0 Å². The molecule has 0 heterocycles. The number of phenols is 1. The number of benzene rings is 1. The lowest BCUT2D eigenvalue weighted by atomic mass is 9.85. The monoisotopic (exact) mass is 236 g/mol. The fourth-order valence-corrected chi connectivity index (χ4v) is 1.74. The highest BCUT2D eigenvalue weighted by Gasteiger charge is 2.24. The summed E-state index contributed by atoms with van der Waals surface area (Å²) in [5.41, 5.74) is 0.400. The highest BCUT2D eigenvalue weighted by Crippen LogP contribution is 2.38. The standard InChI is InChI=1S/C14H20O3/c1-5-7-12(16)17-11-9-6-8-10(15)13(11)14(2,3)4/h6,8-9,15H,5,7H2,1-4H3. The van der Waals surface area contributed by atoms with Crippen molar-refractivity contribution in [2.45, 2.75) is 46.0 Å². The normalized spacial score (nSPS) is 11.3. The zero-order valence-electron chi connectivity index (χ0n) is 10.9. The molecular weight excluding hydrogens is 216 g/mol. The first-order valence-electron chi connectivity index (χ1n) is 5.89. The molecule has 1 rings (SSSR count). The molecule has 3 nitrogen and oxygen atoms in total. The minimum atomic E-state index is -0.271. The van der Waals surface area contributed by atoms with Crippen molar-refractivity contribution in [1.82, 2.24) is 0 Å². The van der Waals surface area contributed by atoms with E-state index in [0.717, 1.165) is 6.42 Å². The lowest BCUT2D eigenvalue weighted by Crippen LogP contribution is -2.16. The molecule has 0 unspecified atom stereocenters. The third-order valence-electron chi connectivity index (χ3n) is 2.43. The Balaban J connectivity index is 3.08. The molecule has 0 atom stereocenters. The van der Waals surface area contributed by atoms with Gasteiger partial charge in [0.1, 0.15) is 11.5 Å². The van der Waals surface area contributed by atoms with Crippen LogP contribution in [-0.4, -0.2) is 11.1 Å². The smallest absolute Gasteiger partial charge is 0.311 e. The lowest BCUT2D eigenvalue weighted by Gasteiger charge is -2.23. The van der Waals surface area contributed by atoms with Crippen LogP contribution in [0.4, 0.5) is 0 Å². The van der Waals surface area contributed by atoms with E-state index in [2.05, 4.69) is 0 Å². The number of phenolic OH excluding ortho intramolecular Hbond substituents is 1. The molecule has 94 valence electrons. The van der Waals surface area contributed by atoms with E-state index in [4.69, 9.17) is 4.74 Å². The van der Waals surface area contributed by atoms with Gasteiger partial charge in [0.2, 0.25) is 0 Å². The van der Waals surface area contributed by atoms with Crippen LogP contribution in [0.3, 0.4) is 0 Å². The molecule has 0 saturated heterocycles. The second kappa shape index (κ2) is 5.21. The third-order valence-corrected chi connectivity index (χ3v) is 2.43. The predicted octanol–water partition coefficient (Wildman–Crippen LogP) is 3.40. The van der Waals surface area contributed by atoms with Crippen molar-refractivity contribution < 1.29 is 14.6 Å². The van der Waals surface area contributed by atoms with Crippen molar-refractivity contribution in [2.24, 2.45) is 0 Å². The molecule has 0 aliphatic carbocycles. The van der Waals surface area contributed by atoms with Crippen LogP contribution in [0.15, 0.2) is 18.2 Å². The van der Waals surface area contributed by atoms with Crippen LogP contribution < -0.4 is 4.74 Å². The number of ether oxygens (including phenoxy) is 1. The van der Waals surface area contributed by atoms with E-state index in [9.17, 15) is 9.90 Å². The number of carbonyl (C=O) groups excluding carboxylic acids is 1. The molecule has 0 aliphatic heterocycles. The van der Waals surface area contributed by atoms with E-state index in [1.54, 1.807) is 18.2 Å². The van der Waals surface area contributed by atoms with E-state index in [1.165, 1.54) is 0 Å². The van der Waals surface area contributed by atoms with Gasteiger partial charge >= 0.3 is 5.97 Å². The van der Waals surface area contributed by atoms with Gasteiger partial charge in [-0.25, -0.2) is 0 Å². The first-order chi connectivity index (χ1) is 7.86. The molecule has 17 heavy (non-hydrogen) atoms. The maximum absolute atomic E-state index is 11.5. The number of carbonyl (C=O) groups is 1. The van der Waals surface area contributed by atoms with E-state index in [0.29, 0.717) is 17.7 Å². The third kappa shape index (κ3) is 3.48. The number of esters is 1. The van der Waals surface area contributed by atoms with Crippen molar-refractivity contribution in [2.75, 3.05) is 0 Å². The highest BCUT2D eigenvalue weighted by atomic mass is 16.5. The van der Waals surface area contributed by atoms with Gasteiger partial charge in [0.05, 0.1) is 0 Å². The largest absolute Gasteiger partial charge is 0.508 e. The van der Waals surface area contributed by atoms with Crippen LogP contribution in [-0.2, 0) is 10.2 Å². The second-order valence-corrected chi connectivity index (χ2v) is 5.12. The molecule has 0 spiro atoms. The van der Waals surface area contributed by atoms with E-state index < -0.39 is 0 Å². The van der Waals surface area contributed by atoms with Gasteiger partial charge in [0.15, 0.2) is 0 Å². The SMILES string of the molecule is CCCC(=O)Oc1cccc(O)c1C(C)(C)C. The minimum absolute atomic E-state index is 0.166. The zero-order valence-corrected chi connectivity index (χ0v) is 10.9. The molecule has 0 aromatic heterocycles. The molecule has 0 radical (unpaired) electrons. The average molecular weight is 236 g/mol. The summed E-state index contributed by atoms with van der Waals surface area (Å²) in [6.07, 6.45) is 1.14. The number of aromatic hydroxyl groups is 1. The van der Waals surface area contributed by atoms with Gasteiger partial charge in [-0.2, -0.15) is 0 Å². The maximum Gasteiger partial charge on any atom is 0.311 e. The van der Waals surface area contributed by atoms with Crippen molar-refractivity contribution in [3.05, 3.63) is 23.8 Å². The van der Waals surface area contributed by atoms with Crippen LogP contribution in [0, 0.1) is 0 Å². The summed E-state index contributed by atoms with van der Waals surface area (Å²) in [7, 11) is 0. The Morgan fingerprint density at radius 3 is 2.53 bits per heavy atom. The summed E-state index contributed by atoms with van der Waals surface area (Å²) in [5, 5.41) is 9.88. The molecule has 0 saturated carbocycles. The van der Waals surface area contributed by atoms with Crippen LogP contribution >= 0.6 is 0 Å². The first-order valence-corrected chi connectivity index (χ1v) is 5.89. The van der Waals surface area contributed by atoms with E-state index in [-0.39, 0.29) is 17.1 Å². The Bertz CT molecular complexity index is 402. The Labute approximate surface area is 102 Å². The van der Waals surface area contributed by atoms with Crippen molar-refractivity contribution in [3.8, 4) is 11.5 Å². The predicted molar refractivity (Wildman–Crippen MR) is 67.3 cm³/mol. The van der Waals surface area contributed by atoms with Gasteiger partial charge in [-0.05, 0) is 24.0 Å². The summed E-state index contributed by atoms with van der Waals surface area (Å²) in [6, 6.07) is 5.00. The van der Waals surface area contributed by atoms with Crippen LogP contribution in [0.1, 0.15) is 46.1 Å². The van der Waals surface area contributed by atoms with E-state index in [1.807, 2.05) is 27.7 Å². The van der Waals surface area contributed by atoms with Gasteiger partial charge in [-0.3, -0.25) is 4.79 Å². The number of hydrogen-bond donors (Lipinski definition) is 1. The summed E-state index contributed by atoms with van der Waals surface area (Å²) in [5.74, 6) is 0.360. The van der Waals surface area contributed by atoms with Gasteiger partial charge < -0.3 is 9.84 Å². The van der Waals surface area contributed by atoms with Crippen LogP contribution in [0.5, 0.6) is 11.5 Å². The molecule has 0 amide bonds. The van der Waals surface area contributed by atoms with Crippen LogP contribution in [0.2, 0.25) is 0 Å². The topological polar surface area (TPSA) is 46.5 Å². The molecule has 1 aromatic carbocycles. The Kier molecular flexibility index (Phi) is 4.16. The Hall–Kier alpha value is -1.51. The summed E-state index contributed by atoms with van der Waals surface area (Å²) in [6.45, 7) is 7.84. The zero-order chi connectivity index (χ0) is 13.1.